The van der Waals surface area contributed by atoms with Crippen LogP contribution in [0.2, 0.25) is 0 Å². The summed E-state index contributed by atoms with van der Waals surface area (Å²) < 4.78 is 38.1. The average molecular weight is 466 g/mol. The van der Waals surface area contributed by atoms with Crippen LogP contribution in [0.4, 0.5) is 18.9 Å². The third-order valence-electron chi connectivity index (χ3n) is 5.21. The van der Waals surface area contributed by atoms with Gasteiger partial charge in [-0.25, -0.2) is 0 Å². The summed E-state index contributed by atoms with van der Waals surface area (Å²) in [7, 11) is 0. The van der Waals surface area contributed by atoms with Crippen LogP contribution < -0.4 is 5.32 Å². The minimum absolute atomic E-state index is 0.0649. The second-order valence-corrected chi connectivity index (χ2v) is 9.18. The number of piperazine rings is 1. The molecule has 1 N–H and O–H groups in total. The van der Waals surface area contributed by atoms with Gasteiger partial charge in [-0.05, 0) is 48.9 Å². The van der Waals surface area contributed by atoms with Gasteiger partial charge in [0.1, 0.15) is 0 Å². The number of nitrogens with zero attached hydrogens (tertiary/aromatic N) is 2. The maximum absolute atomic E-state index is 12.8. The van der Waals surface area contributed by atoms with Crippen molar-refractivity contribution < 1.29 is 22.8 Å². The first-order chi connectivity index (χ1) is 15.1. The Kier molecular flexibility index (Phi) is 7.84. The van der Waals surface area contributed by atoms with Gasteiger partial charge in [0.25, 0.3) is 0 Å². The number of alkyl halides is 3. The first kappa shape index (κ1) is 24.1. The Hall–Kier alpha value is -2.52. The van der Waals surface area contributed by atoms with Gasteiger partial charge in [0.2, 0.25) is 11.8 Å². The van der Waals surface area contributed by atoms with E-state index >= 15 is 0 Å². The highest BCUT2D eigenvalue weighted by Crippen LogP contribution is 2.29. The number of amides is 2. The number of benzene rings is 2. The van der Waals surface area contributed by atoms with Gasteiger partial charge < -0.3 is 10.2 Å². The number of carbonyl (C=O) groups excluding carboxylic acids is 2. The molecular formula is C23H26F3N3O2S. The number of nitrogens with one attached hydrogen (secondary N) is 1. The molecule has 1 aliphatic rings. The molecule has 9 heteroatoms. The van der Waals surface area contributed by atoms with Crippen molar-refractivity contribution in [2.24, 2.45) is 0 Å². The number of halogens is 3. The number of rotatable bonds is 6. The number of hydrogen-bond donors (Lipinski definition) is 1. The van der Waals surface area contributed by atoms with Crippen molar-refractivity contribution in [2.75, 3.05) is 31.5 Å². The third-order valence-corrected chi connectivity index (χ3v) is 6.31. The van der Waals surface area contributed by atoms with Crippen molar-refractivity contribution in [3.8, 4) is 0 Å². The van der Waals surface area contributed by atoms with Gasteiger partial charge in [-0.15, -0.1) is 11.8 Å². The van der Waals surface area contributed by atoms with Crippen molar-refractivity contribution in [3.63, 3.8) is 0 Å². The fraction of sp³-hybridized carbons (Fsp3) is 0.391. The standard InChI is InChI=1S/C23H26F3N3O2S/c1-16(32-21-9-7-20(8-10-21)27-17(2)30)22(31)29-13-11-28(12-14-29)15-18-3-5-19(6-4-18)23(24,25)26/h3-10,16H,11-15H2,1-2H3,(H,27,30). The lowest BCUT2D eigenvalue weighted by molar-refractivity contribution is -0.137. The van der Waals surface area contributed by atoms with Crippen LogP contribution in [0.15, 0.2) is 53.4 Å². The van der Waals surface area contributed by atoms with Crippen molar-refractivity contribution in [1.29, 1.82) is 0 Å². The summed E-state index contributed by atoms with van der Waals surface area (Å²) in [6.45, 7) is 6.42. The Morgan fingerprint density at radius 3 is 2.12 bits per heavy atom. The van der Waals surface area contributed by atoms with Crippen LogP contribution in [0, 0.1) is 0 Å². The van der Waals surface area contributed by atoms with E-state index in [1.807, 2.05) is 24.0 Å². The normalized spacial score (nSPS) is 16.0. The highest BCUT2D eigenvalue weighted by molar-refractivity contribution is 8.00. The maximum atomic E-state index is 12.8. The summed E-state index contributed by atoms with van der Waals surface area (Å²) in [5.41, 5.74) is 0.891. The molecule has 1 heterocycles. The molecule has 0 spiro atoms. The molecule has 0 saturated carbocycles. The minimum Gasteiger partial charge on any atom is -0.339 e. The van der Waals surface area contributed by atoms with Gasteiger partial charge in [0.15, 0.2) is 0 Å². The smallest absolute Gasteiger partial charge is 0.339 e. The third kappa shape index (κ3) is 6.74. The van der Waals surface area contributed by atoms with E-state index < -0.39 is 11.7 Å². The predicted octanol–water partition coefficient (Wildman–Crippen LogP) is 4.49. The quantitative estimate of drug-likeness (QED) is 0.639. The van der Waals surface area contributed by atoms with Crippen LogP contribution >= 0.6 is 11.8 Å². The van der Waals surface area contributed by atoms with E-state index in [0.29, 0.717) is 38.4 Å². The first-order valence-corrected chi connectivity index (χ1v) is 11.2. The van der Waals surface area contributed by atoms with E-state index in [-0.39, 0.29) is 17.1 Å². The second-order valence-electron chi connectivity index (χ2n) is 7.76. The summed E-state index contributed by atoms with van der Waals surface area (Å²) in [5, 5.41) is 2.47. The SMILES string of the molecule is CC(=O)Nc1ccc(SC(C)C(=O)N2CCN(Cc3ccc(C(F)(F)F)cc3)CC2)cc1. The summed E-state index contributed by atoms with van der Waals surface area (Å²) in [5.74, 6) is -0.0680. The molecule has 172 valence electrons. The Balaban J connectivity index is 1.46. The molecular weight excluding hydrogens is 439 g/mol. The Morgan fingerprint density at radius 1 is 1.00 bits per heavy atom. The Bertz CT molecular complexity index is 925. The van der Waals surface area contributed by atoms with Crippen molar-refractivity contribution in [3.05, 3.63) is 59.7 Å². The molecule has 1 saturated heterocycles. The lowest BCUT2D eigenvalue weighted by Gasteiger charge is -2.36. The molecule has 2 aromatic carbocycles. The predicted molar refractivity (Wildman–Crippen MR) is 119 cm³/mol. The monoisotopic (exact) mass is 465 g/mol. The summed E-state index contributed by atoms with van der Waals surface area (Å²) in [6, 6.07) is 12.6. The van der Waals surface area contributed by atoms with Crippen molar-refractivity contribution >= 4 is 29.3 Å². The molecule has 0 radical (unpaired) electrons. The largest absolute Gasteiger partial charge is 0.416 e. The van der Waals surface area contributed by atoms with E-state index in [0.717, 1.165) is 22.6 Å². The molecule has 0 aromatic heterocycles. The summed E-state index contributed by atoms with van der Waals surface area (Å²) in [4.78, 5) is 28.9. The molecule has 2 aromatic rings. The number of carbonyl (C=O) groups is 2. The van der Waals surface area contributed by atoms with Gasteiger partial charge in [-0.2, -0.15) is 13.2 Å². The molecule has 3 rings (SSSR count). The van der Waals surface area contributed by atoms with Crippen molar-refractivity contribution in [2.45, 2.75) is 36.7 Å². The molecule has 1 fully saturated rings. The second kappa shape index (κ2) is 10.4. The fourth-order valence-corrected chi connectivity index (χ4v) is 4.47. The van der Waals surface area contributed by atoms with Crippen molar-refractivity contribution in [1.82, 2.24) is 9.80 Å². The van der Waals surface area contributed by atoms with E-state index in [1.54, 1.807) is 12.1 Å². The number of hydrogen-bond acceptors (Lipinski definition) is 4. The van der Waals surface area contributed by atoms with Crippen LogP contribution in [0.1, 0.15) is 25.0 Å². The van der Waals surface area contributed by atoms with Crippen LogP contribution in [-0.4, -0.2) is 53.0 Å². The topological polar surface area (TPSA) is 52.7 Å². The Morgan fingerprint density at radius 2 is 1.59 bits per heavy atom. The highest BCUT2D eigenvalue weighted by Gasteiger charge is 2.30. The zero-order valence-electron chi connectivity index (χ0n) is 18.0. The van der Waals surface area contributed by atoms with Crippen LogP contribution in [-0.2, 0) is 22.3 Å². The van der Waals surface area contributed by atoms with Crippen LogP contribution in [0.3, 0.4) is 0 Å². The van der Waals surface area contributed by atoms with Gasteiger partial charge in [0, 0.05) is 50.2 Å². The van der Waals surface area contributed by atoms with Gasteiger partial charge in [-0.1, -0.05) is 12.1 Å². The molecule has 0 bridgehead atoms. The number of anilines is 1. The average Bonchev–Trinajstić information content (AvgIpc) is 2.74. The molecule has 1 aliphatic heterocycles. The number of thioether (sulfide) groups is 1. The molecule has 1 atom stereocenters. The molecule has 2 amide bonds. The van der Waals surface area contributed by atoms with E-state index in [4.69, 9.17) is 0 Å². The molecule has 0 aliphatic carbocycles. The van der Waals surface area contributed by atoms with Gasteiger partial charge >= 0.3 is 6.18 Å². The van der Waals surface area contributed by atoms with Gasteiger partial charge in [0.05, 0.1) is 10.8 Å². The lowest BCUT2D eigenvalue weighted by atomic mass is 10.1. The van der Waals surface area contributed by atoms with E-state index in [9.17, 15) is 22.8 Å². The van der Waals surface area contributed by atoms with Crippen LogP contribution in [0.25, 0.3) is 0 Å². The molecule has 32 heavy (non-hydrogen) atoms. The minimum atomic E-state index is -4.33. The lowest BCUT2D eigenvalue weighted by Crippen LogP contribution is -2.50. The van der Waals surface area contributed by atoms with Gasteiger partial charge in [-0.3, -0.25) is 14.5 Å². The highest BCUT2D eigenvalue weighted by atomic mass is 32.2. The zero-order chi connectivity index (χ0) is 23.3. The zero-order valence-corrected chi connectivity index (χ0v) is 18.8. The van der Waals surface area contributed by atoms with Crippen LogP contribution in [0.5, 0.6) is 0 Å². The van der Waals surface area contributed by atoms with E-state index in [1.165, 1.54) is 30.8 Å². The molecule has 5 nitrogen and oxygen atoms in total. The fourth-order valence-electron chi connectivity index (χ4n) is 3.52. The first-order valence-electron chi connectivity index (χ1n) is 10.3. The van der Waals surface area contributed by atoms with E-state index in [2.05, 4.69) is 10.2 Å². The maximum Gasteiger partial charge on any atom is 0.416 e. The summed E-state index contributed by atoms with van der Waals surface area (Å²) in [6.07, 6.45) is -4.33. The Labute approximate surface area is 190 Å². The summed E-state index contributed by atoms with van der Waals surface area (Å²) >= 11 is 1.47. The molecule has 1 unspecified atom stereocenters.